The highest BCUT2D eigenvalue weighted by atomic mass is 35.5. The van der Waals surface area contributed by atoms with Crippen LogP contribution in [0.2, 0.25) is 0 Å². The highest BCUT2D eigenvalue weighted by molar-refractivity contribution is 7.89. The number of likely N-dealkylation sites (N-methyl/N-ethyl adjacent to an activating group) is 1. The van der Waals surface area contributed by atoms with Gasteiger partial charge in [-0.15, -0.1) is 12.4 Å². The molecule has 1 aliphatic rings. The van der Waals surface area contributed by atoms with Crippen LogP contribution >= 0.6 is 12.4 Å². The molecule has 1 atom stereocenters. The van der Waals surface area contributed by atoms with E-state index in [-0.39, 0.29) is 37.1 Å². The number of hydrogen-bond donors (Lipinski definition) is 0. The number of halogens is 1. The van der Waals surface area contributed by atoms with Crippen molar-refractivity contribution in [3.63, 3.8) is 0 Å². The molecular weight excluding hydrogens is 582 g/mol. The van der Waals surface area contributed by atoms with Gasteiger partial charge >= 0.3 is 6.09 Å². The van der Waals surface area contributed by atoms with Gasteiger partial charge in [-0.3, -0.25) is 0 Å². The molecule has 1 heterocycles. The summed E-state index contributed by atoms with van der Waals surface area (Å²) in [6.45, 7) is 6.23. The Morgan fingerprint density at radius 1 is 0.930 bits per heavy atom. The first-order valence-corrected chi connectivity index (χ1v) is 16.6. The molecule has 4 rings (SSSR count). The van der Waals surface area contributed by atoms with E-state index in [0.29, 0.717) is 18.0 Å². The van der Waals surface area contributed by atoms with Crippen LogP contribution in [0.15, 0.2) is 95.9 Å². The van der Waals surface area contributed by atoms with Crippen LogP contribution in [-0.2, 0) is 21.4 Å². The molecule has 0 N–H and O–H groups in total. The lowest BCUT2D eigenvalue weighted by Crippen LogP contribution is -2.48. The summed E-state index contributed by atoms with van der Waals surface area (Å²) in [5.74, 6) is 0.0708. The third-order valence-electron chi connectivity index (χ3n) is 8.18. The minimum atomic E-state index is -3.57. The molecule has 1 unspecified atom stereocenters. The van der Waals surface area contributed by atoms with Crippen LogP contribution in [-0.4, -0.2) is 74.4 Å². The quantitative estimate of drug-likeness (QED) is 0.196. The summed E-state index contributed by atoms with van der Waals surface area (Å²) in [4.78, 5) is 17.8. The molecule has 0 aromatic heterocycles. The van der Waals surface area contributed by atoms with Gasteiger partial charge in [-0.05, 0) is 61.4 Å². The summed E-state index contributed by atoms with van der Waals surface area (Å²) in [7, 11) is -1.90. The number of amides is 1. The van der Waals surface area contributed by atoms with Gasteiger partial charge in [-0.1, -0.05) is 92.2 Å². The fourth-order valence-corrected chi connectivity index (χ4v) is 6.85. The summed E-state index contributed by atoms with van der Waals surface area (Å²) >= 11 is 0. The maximum absolute atomic E-state index is 13.2. The normalized spacial score (nSPS) is 15.0. The number of piperidine rings is 1. The minimum Gasteiger partial charge on any atom is -0.445 e. The molecule has 1 fully saturated rings. The molecule has 1 amide bonds. The Bertz CT molecular complexity index is 1320. The van der Waals surface area contributed by atoms with E-state index in [1.54, 1.807) is 31.3 Å². The van der Waals surface area contributed by atoms with Crippen molar-refractivity contribution in [3.05, 3.63) is 102 Å². The van der Waals surface area contributed by atoms with E-state index in [1.165, 1.54) is 4.31 Å². The van der Waals surface area contributed by atoms with Crippen molar-refractivity contribution < 1.29 is 17.9 Å². The Morgan fingerprint density at radius 3 is 2.12 bits per heavy atom. The topological polar surface area (TPSA) is 70.2 Å². The van der Waals surface area contributed by atoms with Gasteiger partial charge in [0.05, 0.1) is 4.90 Å². The summed E-state index contributed by atoms with van der Waals surface area (Å²) in [6, 6.07) is 28.8. The Morgan fingerprint density at radius 2 is 1.51 bits per heavy atom. The van der Waals surface area contributed by atoms with Gasteiger partial charge in [0.2, 0.25) is 10.0 Å². The van der Waals surface area contributed by atoms with Crippen molar-refractivity contribution in [1.29, 1.82) is 0 Å². The Labute approximate surface area is 264 Å². The summed E-state index contributed by atoms with van der Waals surface area (Å²) in [5.41, 5.74) is 2.14. The largest absolute Gasteiger partial charge is 0.445 e. The zero-order valence-electron chi connectivity index (χ0n) is 25.4. The molecule has 0 spiro atoms. The third kappa shape index (κ3) is 10.1. The van der Waals surface area contributed by atoms with Crippen molar-refractivity contribution in [3.8, 4) is 0 Å². The van der Waals surface area contributed by atoms with E-state index in [0.717, 1.165) is 62.9 Å². The number of ether oxygens (including phenoxy) is 1. The van der Waals surface area contributed by atoms with Crippen molar-refractivity contribution >= 4 is 28.5 Å². The van der Waals surface area contributed by atoms with Crippen LogP contribution in [0.1, 0.15) is 56.1 Å². The second-order valence-electron chi connectivity index (χ2n) is 11.2. The van der Waals surface area contributed by atoms with Gasteiger partial charge in [0, 0.05) is 39.3 Å². The van der Waals surface area contributed by atoms with E-state index >= 15 is 0 Å². The molecule has 0 bridgehead atoms. The molecule has 7 nitrogen and oxygen atoms in total. The number of rotatable bonds is 14. The van der Waals surface area contributed by atoms with E-state index < -0.39 is 10.0 Å². The monoisotopic (exact) mass is 627 g/mol. The molecule has 3 aromatic carbocycles. The maximum Gasteiger partial charge on any atom is 0.410 e. The van der Waals surface area contributed by atoms with Crippen LogP contribution in [0.3, 0.4) is 0 Å². The second kappa shape index (κ2) is 17.4. The first-order valence-electron chi connectivity index (χ1n) is 15.1. The number of unbranched alkanes of at least 4 members (excludes halogenated alkanes) is 1. The third-order valence-corrected chi connectivity index (χ3v) is 10.0. The molecule has 0 aliphatic carbocycles. The van der Waals surface area contributed by atoms with Gasteiger partial charge in [0.1, 0.15) is 6.61 Å². The number of carbonyl (C=O) groups is 1. The van der Waals surface area contributed by atoms with Gasteiger partial charge in [-0.2, -0.15) is 0 Å². The molecule has 1 saturated heterocycles. The molecular formula is C34H46ClN3O4S. The zero-order chi connectivity index (χ0) is 29.8. The van der Waals surface area contributed by atoms with Gasteiger partial charge in [0.25, 0.3) is 0 Å². The lowest BCUT2D eigenvalue weighted by Gasteiger charge is -2.38. The molecule has 0 radical (unpaired) electrons. The highest BCUT2D eigenvalue weighted by Gasteiger charge is 2.30. The van der Waals surface area contributed by atoms with Gasteiger partial charge in [-0.25, -0.2) is 17.5 Å². The fraction of sp³-hybridized carbons (Fsp3) is 0.441. The van der Waals surface area contributed by atoms with Crippen LogP contribution in [0, 0.1) is 0 Å². The second-order valence-corrected chi connectivity index (χ2v) is 13.2. The van der Waals surface area contributed by atoms with Crippen LogP contribution < -0.4 is 0 Å². The lowest BCUT2D eigenvalue weighted by atomic mass is 9.94. The average molecular weight is 628 g/mol. The van der Waals surface area contributed by atoms with E-state index in [2.05, 4.69) is 24.0 Å². The number of hydrogen-bond acceptors (Lipinski definition) is 5. The predicted molar refractivity (Wildman–Crippen MR) is 175 cm³/mol. The molecule has 3 aromatic rings. The molecule has 1 aliphatic heterocycles. The Kier molecular flexibility index (Phi) is 14.0. The molecule has 9 heteroatoms. The van der Waals surface area contributed by atoms with Gasteiger partial charge in [0.15, 0.2) is 0 Å². The van der Waals surface area contributed by atoms with Crippen molar-refractivity contribution in [2.24, 2.45) is 0 Å². The highest BCUT2D eigenvalue weighted by Crippen LogP contribution is 2.26. The first-order chi connectivity index (χ1) is 20.4. The first kappa shape index (κ1) is 34.6. The number of benzene rings is 3. The number of nitrogens with zero attached hydrogens (tertiary/aromatic N) is 3. The average Bonchev–Trinajstić information content (AvgIpc) is 3.04. The van der Waals surface area contributed by atoms with Crippen molar-refractivity contribution in [1.82, 2.24) is 14.1 Å². The standard InChI is InChI=1S/C34H45N3O4S.ClH/c1-3-4-23-37(34(38)41-28-29-14-8-5-9-15-29)32-21-25-36(26-22-32)24-20-31(30-16-10-6-11-17-30)27-35(2)42(39,40)33-18-12-7-13-19-33;/h5-19,31-32H,3-4,20-28H2,1-2H3;1H. The number of carbonyl (C=O) groups excluding carboxylic acids is 1. The lowest BCUT2D eigenvalue weighted by molar-refractivity contribution is 0.0595. The van der Waals surface area contributed by atoms with E-state index in [1.807, 2.05) is 59.5 Å². The van der Waals surface area contributed by atoms with Crippen LogP contribution in [0.4, 0.5) is 4.79 Å². The summed E-state index contributed by atoms with van der Waals surface area (Å²) in [5, 5.41) is 0. The Hall–Kier alpha value is -2.91. The van der Waals surface area contributed by atoms with E-state index in [9.17, 15) is 13.2 Å². The number of sulfonamides is 1. The van der Waals surface area contributed by atoms with Gasteiger partial charge < -0.3 is 14.5 Å². The summed E-state index contributed by atoms with van der Waals surface area (Å²) in [6.07, 6.45) is 4.42. The molecule has 234 valence electrons. The zero-order valence-corrected chi connectivity index (χ0v) is 27.0. The maximum atomic E-state index is 13.2. The summed E-state index contributed by atoms with van der Waals surface area (Å²) < 4.78 is 33.7. The number of likely N-dealkylation sites (tertiary alicyclic amines) is 1. The fourth-order valence-electron chi connectivity index (χ4n) is 5.62. The van der Waals surface area contributed by atoms with Crippen LogP contribution in [0.5, 0.6) is 0 Å². The van der Waals surface area contributed by atoms with Crippen LogP contribution in [0.25, 0.3) is 0 Å². The molecule has 43 heavy (non-hydrogen) atoms. The predicted octanol–water partition coefficient (Wildman–Crippen LogP) is 6.81. The molecule has 0 saturated carbocycles. The smallest absolute Gasteiger partial charge is 0.410 e. The van der Waals surface area contributed by atoms with E-state index in [4.69, 9.17) is 4.74 Å². The minimum absolute atomic E-state index is 0. The van der Waals surface area contributed by atoms with Crippen molar-refractivity contribution in [2.45, 2.75) is 62.5 Å². The SMILES string of the molecule is CCCCN(C(=O)OCc1ccccc1)C1CCN(CCC(CN(C)S(=O)(=O)c2ccccc2)c2ccccc2)CC1.Cl. The van der Waals surface area contributed by atoms with Crippen molar-refractivity contribution in [2.75, 3.05) is 39.8 Å². The Balaban J connectivity index is 0.00000506.